The third-order valence-electron chi connectivity index (χ3n) is 4.27. The second kappa shape index (κ2) is 5.26. The van der Waals surface area contributed by atoms with Crippen LogP contribution < -0.4 is 9.64 Å². The van der Waals surface area contributed by atoms with Crippen LogP contribution in [0.4, 0.5) is 11.5 Å². The fourth-order valence-electron chi connectivity index (χ4n) is 3.26. The van der Waals surface area contributed by atoms with E-state index in [0.717, 1.165) is 47.9 Å². The second-order valence-corrected chi connectivity index (χ2v) is 5.92. The van der Waals surface area contributed by atoms with Crippen molar-refractivity contribution < 1.29 is 9.15 Å². The number of ether oxygens (including phenoxy) is 1. The van der Waals surface area contributed by atoms with Gasteiger partial charge in [-0.15, -0.1) is 0 Å². The minimum absolute atomic E-state index is 0.658. The highest BCUT2D eigenvalue weighted by Gasteiger charge is 2.23. The van der Waals surface area contributed by atoms with Crippen LogP contribution in [0.5, 0.6) is 5.75 Å². The zero-order chi connectivity index (χ0) is 16.0. The van der Waals surface area contributed by atoms with Gasteiger partial charge in [-0.3, -0.25) is 0 Å². The van der Waals surface area contributed by atoms with Gasteiger partial charge in [0, 0.05) is 12.2 Å². The van der Waals surface area contributed by atoms with E-state index in [4.69, 9.17) is 14.1 Å². The van der Waals surface area contributed by atoms with E-state index in [1.54, 1.807) is 7.11 Å². The summed E-state index contributed by atoms with van der Waals surface area (Å²) in [4.78, 5) is 11.4. The summed E-state index contributed by atoms with van der Waals surface area (Å²) in [5.41, 5.74) is 3.14. The van der Waals surface area contributed by atoms with Crippen molar-refractivity contribution in [1.29, 1.82) is 0 Å². The first-order valence-corrected chi connectivity index (χ1v) is 7.85. The van der Waals surface area contributed by atoms with Crippen LogP contribution in [0.1, 0.15) is 23.6 Å². The molecule has 5 nitrogen and oxygen atoms in total. The maximum Gasteiger partial charge on any atom is 0.231 e. The lowest BCUT2D eigenvalue weighted by Crippen LogP contribution is -2.25. The van der Waals surface area contributed by atoms with Crippen LogP contribution in [0, 0.1) is 13.8 Å². The number of aryl methyl sites for hydroxylation is 3. The van der Waals surface area contributed by atoms with Crippen molar-refractivity contribution >= 4 is 22.6 Å². The van der Waals surface area contributed by atoms with Crippen LogP contribution in [0.25, 0.3) is 11.1 Å². The number of fused-ring (bicyclic) bond motifs is 2. The molecular formula is C18H19N3O2. The van der Waals surface area contributed by atoms with E-state index in [1.807, 2.05) is 26.0 Å². The van der Waals surface area contributed by atoms with Crippen LogP contribution in [-0.4, -0.2) is 23.6 Å². The lowest BCUT2D eigenvalue weighted by atomic mass is 10.0. The van der Waals surface area contributed by atoms with Crippen LogP contribution in [-0.2, 0) is 6.42 Å². The quantitative estimate of drug-likeness (QED) is 0.718. The van der Waals surface area contributed by atoms with Gasteiger partial charge in [0.2, 0.25) is 5.71 Å². The first-order valence-electron chi connectivity index (χ1n) is 7.85. The number of anilines is 2. The molecule has 0 saturated heterocycles. The Hall–Kier alpha value is -2.56. The fraction of sp³-hybridized carbons (Fsp3) is 0.333. The minimum atomic E-state index is 0.658. The van der Waals surface area contributed by atoms with E-state index >= 15 is 0 Å². The maximum atomic E-state index is 5.71. The average molecular weight is 308 g/mol. The first-order chi connectivity index (χ1) is 11.2. The molecule has 1 aliphatic heterocycles. The van der Waals surface area contributed by atoms with E-state index in [0.29, 0.717) is 5.71 Å². The first kappa shape index (κ1) is 14.1. The molecule has 0 aliphatic carbocycles. The predicted molar refractivity (Wildman–Crippen MR) is 89.6 cm³/mol. The molecule has 0 amide bonds. The number of methoxy groups -OCH3 is 1. The summed E-state index contributed by atoms with van der Waals surface area (Å²) in [5.74, 6) is 3.40. The van der Waals surface area contributed by atoms with Gasteiger partial charge in [-0.25, -0.2) is 4.98 Å². The summed E-state index contributed by atoms with van der Waals surface area (Å²) in [7, 11) is 1.70. The van der Waals surface area contributed by atoms with E-state index in [-0.39, 0.29) is 0 Å². The number of hydrogen-bond acceptors (Lipinski definition) is 5. The highest BCUT2D eigenvalue weighted by Crippen LogP contribution is 2.38. The van der Waals surface area contributed by atoms with Crippen molar-refractivity contribution in [3.63, 3.8) is 0 Å². The molecule has 0 saturated carbocycles. The SMILES string of the molecule is Cc1nc(N2CCCc3cc(O[11CH3])ccc32)c2cc(C)oc2n1. The van der Waals surface area contributed by atoms with Crippen molar-refractivity contribution in [2.45, 2.75) is 26.7 Å². The van der Waals surface area contributed by atoms with Gasteiger partial charge >= 0.3 is 0 Å². The number of aromatic nitrogens is 2. The highest BCUT2D eigenvalue weighted by atomic mass is 16.4. The van der Waals surface area contributed by atoms with E-state index in [9.17, 15) is 0 Å². The monoisotopic (exact) mass is 308 g/mol. The van der Waals surface area contributed by atoms with Gasteiger partial charge in [0.25, 0.3) is 0 Å². The number of rotatable bonds is 2. The summed E-state index contributed by atoms with van der Waals surface area (Å²) in [6, 6.07) is 8.25. The third-order valence-corrected chi connectivity index (χ3v) is 4.27. The smallest absolute Gasteiger partial charge is 0.231 e. The molecule has 3 aromatic rings. The average Bonchev–Trinajstić information content (AvgIpc) is 2.93. The van der Waals surface area contributed by atoms with E-state index < -0.39 is 0 Å². The zero-order valence-electron chi connectivity index (χ0n) is 13.6. The van der Waals surface area contributed by atoms with Crippen LogP contribution in [0.15, 0.2) is 28.7 Å². The standard InChI is InChI=1S/C18H19N3O2/c1-11-9-15-17(19-12(2)20-18(15)23-11)21-8-4-5-13-10-14(22-3)6-7-16(13)21/h6-7,9-10H,4-5,8H2,1-3H3/i3-1. The fourth-order valence-corrected chi connectivity index (χ4v) is 3.26. The molecule has 23 heavy (non-hydrogen) atoms. The van der Waals surface area contributed by atoms with Crippen molar-refractivity contribution in [2.75, 3.05) is 18.6 Å². The molecule has 3 heterocycles. The Bertz CT molecular complexity index is 885. The normalized spacial score (nSPS) is 14.1. The predicted octanol–water partition coefficient (Wildman–Crippen LogP) is 3.93. The number of nitrogens with zero attached hydrogens (tertiary/aromatic N) is 3. The topological polar surface area (TPSA) is 51.4 Å². The van der Waals surface area contributed by atoms with Gasteiger partial charge in [0.1, 0.15) is 23.2 Å². The maximum absolute atomic E-state index is 5.71. The summed E-state index contributed by atoms with van der Waals surface area (Å²) < 4.78 is 11.1. The summed E-state index contributed by atoms with van der Waals surface area (Å²) in [6.45, 7) is 4.78. The number of furan rings is 1. The molecular weight excluding hydrogens is 289 g/mol. The van der Waals surface area contributed by atoms with E-state index in [1.165, 1.54) is 11.3 Å². The molecule has 118 valence electrons. The Balaban J connectivity index is 1.90. The van der Waals surface area contributed by atoms with Crippen molar-refractivity contribution in [2.24, 2.45) is 0 Å². The van der Waals surface area contributed by atoms with Crippen molar-refractivity contribution in [3.8, 4) is 5.75 Å². The molecule has 0 fully saturated rings. The van der Waals surface area contributed by atoms with Gasteiger partial charge in [0.05, 0.1) is 12.5 Å². The lowest BCUT2D eigenvalue weighted by molar-refractivity contribution is 0.414. The molecule has 0 unspecified atom stereocenters. The Labute approximate surface area is 134 Å². The summed E-state index contributed by atoms with van der Waals surface area (Å²) in [5, 5.41) is 0.969. The molecule has 1 aromatic carbocycles. The second-order valence-electron chi connectivity index (χ2n) is 5.92. The van der Waals surface area contributed by atoms with Gasteiger partial charge in [-0.1, -0.05) is 0 Å². The molecule has 0 radical (unpaired) electrons. The highest BCUT2D eigenvalue weighted by molar-refractivity contribution is 5.90. The molecule has 2 aromatic heterocycles. The molecule has 0 bridgehead atoms. The Morgan fingerprint density at radius 1 is 1.17 bits per heavy atom. The minimum Gasteiger partial charge on any atom is -0.497 e. The molecule has 0 N–H and O–H groups in total. The van der Waals surface area contributed by atoms with Crippen LogP contribution >= 0.6 is 0 Å². The zero-order valence-corrected chi connectivity index (χ0v) is 13.6. The van der Waals surface area contributed by atoms with Gasteiger partial charge in [0.15, 0.2) is 0 Å². The Morgan fingerprint density at radius 2 is 2.04 bits per heavy atom. The van der Waals surface area contributed by atoms with Crippen LogP contribution in [0.3, 0.4) is 0 Å². The lowest BCUT2D eigenvalue weighted by Gasteiger charge is -2.31. The van der Waals surface area contributed by atoms with Gasteiger partial charge in [-0.2, -0.15) is 4.98 Å². The third kappa shape index (κ3) is 2.32. The molecule has 1 aliphatic rings. The summed E-state index contributed by atoms with van der Waals surface area (Å²) in [6.07, 6.45) is 2.14. The van der Waals surface area contributed by atoms with Crippen LogP contribution in [0.2, 0.25) is 0 Å². The molecule has 5 heteroatoms. The van der Waals surface area contributed by atoms with E-state index in [2.05, 4.69) is 22.0 Å². The largest absolute Gasteiger partial charge is 0.497 e. The van der Waals surface area contributed by atoms with Gasteiger partial charge in [-0.05, 0) is 56.5 Å². The number of benzene rings is 1. The van der Waals surface area contributed by atoms with Crippen molar-refractivity contribution in [1.82, 2.24) is 9.97 Å². The Morgan fingerprint density at radius 3 is 2.87 bits per heavy atom. The molecule has 0 spiro atoms. The van der Waals surface area contributed by atoms with Crippen molar-refractivity contribution in [3.05, 3.63) is 41.4 Å². The molecule has 4 rings (SSSR count). The number of hydrogen-bond donors (Lipinski definition) is 0. The molecule has 0 atom stereocenters. The van der Waals surface area contributed by atoms with Gasteiger partial charge < -0.3 is 14.1 Å². The summed E-state index contributed by atoms with van der Waals surface area (Å²) >= 11 is 0. The Kier molecular flexibility index (Phi) is 3.22.